The zero-order chi connectivity index (χ0) is 11.7. The molecule has 1 saturated heterocycles. The Labute approximate surface area is 103 Å². The molecule has 2 aliphatic rings. The van der Waals surface area contributed by atoms with Crippen LogP contribution in [0.1, 0.15) is 30.4 Å². The third kappa shape index (κ3) is 2.08. The van der Waals surface area contributed by atoms with Gasteiger partial charge >= 0.3 is 0 Å². The topological polar surface area (TPSA) is 27.1 Å². The van der Waals surface area contributed by atoms with Crippen molar-refractivity contribution in [2.75, 3.05) is 13.1 Å². The van der Waals surface area contributed by atoms with Crippen molar-refractivity contribution in [2.45, 2.75) is 32.1 Å². The maximum Gasteiger partial charge on any atom is 0.0996 e. The summed E-state index contributed by atoms with van der Waals surface area (Å²) in [5, 5.41) is 8.38. The normalized spacial score (nSPS) is 20.4. The van der Waals surface area contributed by atoms with E-state index in [4.69, 9.17) is 5.41 Å². The first-order chi connectivity index (χ1) is 8.34. The maximum absolute atomic E-state index is 8.38. The molecule has 0 amide bonds. The molecule has 0 spiro atoms. The van der Waals surface area contributed by atoms with Crippen molar-refractivity contribution in [1.29, 1.82) is 5.41 Å². The van der Waals surface area contributed by atoms with E-state index in [9.17, 15) is 0 Å². The molecular formula is C15H20N2. The SMILES string of the molecule is N=C(C1Cc2ccccc2C1)N1CCCCC1. The fourth-order valence-electron chi connectivity index (χ4n) is 3.15. The molecule has 17 heavy (non-hydrogen) atoms. The second-order valence-electron chi connectivity index (χ2n) is 5.31. The Balaban J connectivity index is 1.69. The monoisotopic (exact) mass is 228 g/mol. The average molecular weight is 228 g/mol. The summed E-state index contributed by atoms with van der Waals surface area (Å²) in [4.78, 5) is 2.31. The van der Waals surface area contributed by atoms with Crippen molar-refractivity contribution < 1.29 is 0 Å². The fourth-order valence-corrected chi connectivity index (χ4v) is 3.15. The summed E-state index contributed by atoms with van der Waals surface area (Å²) in [6.45, 7) is 2.21. The zero-order valence-electron chi connectivity index (χ0n) is 10.3. The number of hydrogen-bond donors (Lipinski definition) is 1. The lowest BCUT2D eigenvalue weighted by molar-refractivity contribution is 0.324. The van der Waals surface area contributed by atoms with Gasteiger partial charge in [0.2, 0.25) is 0 Å². The number of likely N-dealkylation sites (tertiary alicyclic amines) is 1. The molecule has 0 atom stereocenters. The van der Waals surface area contributed by atoms with Crippen LogP contribution < -0.4 is 0 Å². The van der Waals surface area contributed by atoms with Crippen molar-refractivity contribution >= 4 is 5.84 Å². The minimum atomic E-state index is 0.436. The number of amidine groups is 1. The van der Waals surface area contributed by atoms with E-state index in [2.05, 4.69) is 29.2 Å². The minimum Gasteiger partial charge on any atom is -0.360 e. The van der Waals surface area contributed by atoms with E-state index in [-0.39, 0.29) is 0 Å². The van der Waals surface area contributed by atoms with Gasteiger partial charge in [-0.25, -0.2) is 0 Å². The van der Waals surface area contributed by atoms with Gasteiger partial charge in [-0.15, -0.1) is 0 Å². The Bertz CT molecular complexity index is 394. The molecule has 0 radical (unpaired) electrons. The standard InChI is InChI=1S/C15H20N2/c16-15(17-8-4-1-5-9-17)14-10-12-6-2-3-7-13(12)11-14/h2-3,6-7,14,16H,1,4-5,8-11H2. The van der Waals surface area contributed by atoms with E-state index in [0.717, 1.165) is 31.8 Å². The lowest BCUT2D eigenvalue weighted by Crippen LogP contribution is -2.39. The molecule has 0 unspecified atom stereocenters. The van der Waals surface area contributed by atoms with Crippen LogP contribution in [0.25, 0.3) is 0 Å². The number of benzene rings is 1. The second-order valence-corrected chi connectivity index (χ2v) is 5.31. The Morgan fingerprint density at radius 2 is 1.59 bits per heavy atom. The van der Waals surface area contributed by atoms with Crippen LogP contribution in [-0.4, -0.2) is 23.8 Å². The molecule has 1 aliphatic heterocycles. The highest BCUT2D eigenvalue weighted by Gasteiger charge is 2.28. The van der Waals surface area contributed by atoms with Gasteiger partial charge in [-0.3, -0.25) is 5.41 Å². The van der Waals surface area contributed by atoms with Crippen molar-refractivity contribution in [3.8, 4) is 0 Å². The molecule has 0 bridgehead atoms. The molecule has 1 aromatic carbocycles. The van der Waals surface area contributed by atoms with Crippen LogP contribution in [0, 0.1) is 11.3 Å². The van der Waals surface area contributed by atoms with E-state index in [1.807, 2.05) is 0 Å². The summed E-state index contributed by atoms with van der Waals surface area (Å²) < 4.78 is 0. The van der Waals surface area contributed by atoms with Crippen molar-refractivity contribution in [3.63, 3.8) is 0 Å². The molecule has 1 heterocycles. The first kappa shape index (κ1) is 10.8. The third-order valence-electron chi connectivity index (χ3n) is 4.13. The van der Waals surface area contributed by atoms with Crippen LogP contribution in [0.15, 0.2) is 24.3 Å². The minimum absolute atomic E-state index is 0.436. The van der Waals surface area contributed by atoms with Gasteiger partial charge in [0.25, 0.3) is 0 Å². The molecule has 0 saturated carbocycles. The van der Waals surface area contributed by atoms with Crippen molar-refractivity contribution in [3.05, 3.63) is 35.4 Å². The van der Waals surface area contributed by atoms with Crippen LogP contribution in [0.5, 0.6) is 0 Å². The van der Waals surface area contributed by atoms with E-state index in [0.29, 0.717) is 5.92 Å². The number of nitrogens with zero attached hydrogens (tertiary/aromatic N) is 1. The Hall–Kier alpha value is -1.31. The summed E-state index contributed by atoms with van der Waals surface area (Å²) >= 11 is 0. The van der Waals surface area contributed by atoms with Crippen molar-refractivity contribution in [1.82, 2.24) is 4.90 Å². The molecule has 1 aromatic rings. The Morgan fingerprint density at radius 3 is 2.18 bits per heavy atom. The van der Waals surface area contributed by atoms with Gasteiger partial charge in [-0.05, 0) is 43.2 Å². The summed E-state index contributed by atoms with van der Waals surface area (Å²) in [5.74, 6) is 1.33. The number of fused-ring (bicyclic) bond motifs is 1. The number of nitrogens with one attached hydrogen (secondary N) is 1. The van der Waals surface area contributed by atoms with Crippen LogP contribution >= 0.6 is 0 Å². The molecule has 3 rings (SSSR count). The molecular weight excluding hydrogens is 208 g/mol. The van der Waals surface area contributed by atoms with Crippen molar-refractivity contribution in [2.24, 2.45) is 5.92 Å². The quantitative estimate of drug-likeness (QED) is 0.581. The number of hydrogen-bond acceptors (Lipinski definition) is 1. The second kappa shape index (κ2) is 4.52. The molecule has 90 valence electrons. The first-order valence-electron chi connectivity index (χ1n) is 6.75. The molecule has 1 aliphatic carbocycles. The molecule has 0 aromatic heterocycles. The van der Waals surface area contributed by atoms with Gasteiger partial charge in [0.05, 0.1) is 5.84 Å². The fraction of sp³-hybridized carbons (Fsp3) is 0.533. The number of rotatable bonds is 1. The molecule has 1 N–H and O–H groups in total. The Morgan fingerprint density at radius 1 is 1.00 bits per heavy atom. The largest absolute Gasteiger partial charge is 0.360 e. The van der Waals surface area contributed by atoms with E-state index >= 15 is 0 Å². The van der Waals surface area contributed by atoms with Crippen LogP contribution in [-0.2, 0) is 12.8 Å². The lowest BCUT2D eigenvalue weighted by atomic mass is 10.0. The van der Waals surface area contributed by atoms with Crippen LogP contribution in [0.4, 0.5) is 0 Å². The van der Waals surface area contributed by atoms with Gasteiger partial charge in [-0.1, -0.05) is 24.3 Å². The predicted octanol–water partition coefficient (Wildman–Crippen LogP) is 2.86. The maximum atomic E-state index is 8.38. The highest BCUT2D eigenvalue weighted by Crippen LogP contribution is 2.28. The van der Waals surface area contributed by atoms with Crippen LogP contribution in [0.2, 0.25) is 0 Å². The van der Waals surface area contributed by atoms with Gasteiger partial charge in [-0.2, -0.15) is 0 Å². The highest BCUT2D eigenvalue weighted by molar-refractivity contribution is 5.83. The number of piperidine rings is 1. The molecule has 2 nitrogen and oxygen atoms in total. The van der Waals surface area contributed by atoms with E-state index < -0.39 is 0 Å². The van der Waals surface area contributed by atoms with Gasteiger partial charge in [0.15, 0.2) is 0 Å². The average Bonchev–Trinajstić information content (AvgIpc) is 2.82. The highest BCUT2D eigenvalue weighted by atomic mass is 15.2. The predicted molar refractivity (Wildman–Crippen MR) is 70.5 cm³/mol. The smallest absolute Gasteiger partial charge is 0.0996 e. The molecule has 2 heteroatoms. The van der Waals surface area contributed by atoms with Gasteiger partial charge in [0, 0.05) is 19.0 Å². The lowest BCUT2D eigenvalue weighted by Gasteiger charge is -2.31. The molecule has 1 fully saturated rings. The van der Waals surface area contributed by atoms with Crippen LogP contribution in [0.3, 0.4) is 0 Å². The van der Waals surface area contributed by atoms with Gasteiger partial charge < -0.3 is 4.90 Å². The first-order valence-corrected chi connectivity index (χ1v) is 6.75. The third-order valence-corrected chi connectivity index (χ3v) is 4.13. The summed E-state index contributed by atoms with van der Waals surface area (Å²) in [6, 6.07) is 8.68. The summed E-state index contributed by atoms with van der Waals surface area (Å²) in [6.07, 6.45) is 6.02. The van der Waals surface area contributed by atoms with Gasteiger partial charge in [0.1, 0.15) is 0 Å². The zero-order valence-corrected chi connectivity index (χ0v) is 10.3. The Kier molecular flexibility index (Phi) is 2.87. The van der Waals surface area contributed by atoms with E-state index in [1.165, 1.54) is 30.4 Å². The summed E-state index contributed by atoms with van der Waals surface area (Å²) in [5.41, 5.74) is 2.92. The summed E-state index contributed by atoms with van der Waals surface area (Å²) in [7, 11) is 0. The van der Waals surface area contributed by atoms with E-state index in [1.54, 1.807) is 0 Å².